The molecule has 0 aliphatic carbocycles. The highest BCUT2D eigenvalue weighted by atomic mass is 35.5. The van der Waals surface area contributed by atoms with Crippen molar-refractivity contribution < 1.29 is 36.0 Å². The van der Waals surface area contributed by atoms with E-state index >= 15 is 0 Å². The third-order valence-electron chi connectivity index (χ3n) is 4.07. The van der Waals surface area contributed by atoms with Crippen LogP contribution in [0.2, 0.25) is 0 Å². The smallest absolute Gasteiger partial charge is 0.455 e. The van der Waals surface area contributed by atoms with Gasteiger partial charge in [0.1, 0.15) is 0 Å². The summed E-state index contributed by atoms with van der Waals surface area (Å²) in [4.78, 5) is 25.9. The van der Waals surface area contributed by atoms with E-state index in [2.05, 4.69) is 0 Å². The Morgan fingerprint density at radius 1 is 1.15 bits per heavy atom. The number of carbonyl (C=O) groups is 1. The third-order valence-corrected chi connectivity index (χ3v) is 7.73. The highest BCUT2D eigenvalue weighted by Crippen LogP contribution is 2.75. The van der Waals surface area contributed by atoms with Crippen molar-refractivity contribution in [3.05, 3.63) is 29.8 Å². The standard InChI is InChI=1S/C13H13ClF6N3O2P/c1-22-9-5-3-2-4-8(9)10(24)23(7-6-14)26(22,25)11(21,12(15,16)17)13(18,19)20/h2-5H,6-7,21H2,1H3. The number of halogens is 7. The minimum absolute atomic E-state index is 0.0106. The molecule has 13 heteroatoms. The van der Waals surface area contributed by atoms with Gasteiger partial charge in [-0.3, -0.25) is 10.5 Å². The lowest BCUT2D eigenvalue weighted by molar-refractivity contribution is -0.290. The van der Waals surface area contributed by atoms with Crippen molar-refractivity contribution in [3.8, 4) is 0 Å². The molecular weight excluding hydrogens is 411 g/mol. The molecule has 1 aromatic rings. The van der Waals surface area contributed by atoms with E-state index in [-0.39, 0.29) is 20.6 Å². The highest BCUT2D eigenvalue weighted by molar-refractivity contribution is 7.70. The molecule has 1 aliphatic heterocycles. The van der Waals surface area contributed by atoms with Crippen molar-refractivity contribution in [3.63, 3.8) is 0 Å². The van der Waals surface area contributed by atoms with E-state index in [9.17, 15) is 36.0 Å². The molecule has 5 nitrogen and oxygen atoms in total. The molecule has 0 saturated carbocycles. The molecule has 1 aromatic carbocycles. The van der Waals surface area contributed by atoms with Crippen LogP contribution in [0.15, 0.2) is 24.3 Å². The summed E-state index contributed by atoms with van der Waals surface area (Å²) in [7, 11) is -5.05. The Bertz CT molecular complexity index is 702. The van der Waals surface area contributed by atoms with Crippen molar-refractivity contribution in [2.75, 3.05) is 24.1 Å². The maximum atomic E-state index is 13.5. The van der Waals surface area contributed by atoms with E-state index < -0.39 is 43.8 Å². The molecule has 2 rings (SSSR count). The van der Waals surface area contributed by atoms with Gasteiger partial charge < -0.3 is 4.89 Å². The third kappa shape index (κ3) is 2.64. The summed E-state index contributed by atoms with van der Waals surface area (Å²) in [6, 6.07) is 4.93. The number of hydrogen-bond acceptors (Lipinski definition) is 4. The molecule has 0 spiro atoms. The predicted octanol–water partition coefficient (Wildman–Crippen LogP) is 2.72. The normalized spacial score (nSPS) is 21.8. The molecule has 0 fully saturated rings. The van der Waals surface area contributed by atoms with Crippen LogP contribution in [0, 0.1) is 0 Å². The first-order valence-electron chi connectivity index (χ1n) is 6.99. The molecular formula is C13H13ClF6N3O2P. The second-order valence-electron chi connectivity index (χ2n) is 5.46. The van der Waals surface area contributed by atoms with E-state index in [4.69, 9.17) is 17.3 Å². The summed E-state index contributed by atoms with van der Waals surface area (Å²) in [5.74, 6) is -1.82. The van der Waals surface area contributed by atoms with E-state index in [1.54, 1.807) is 0 Å². The summed E-state index contributed by atoms with van der Waals surface area (Å²) in [6.45, 7) is -0.818. The lowest BCUT2D eigenvalue weighted by atomic mass is 10.1. The van der Waals surface area contributed by atoms with E-state index in [1.165, 1.54) is 18.2 Å². The van der Waals surface area contributed by atoms with Gasteiger partial charge in [-0.05, 0) is 12.1 Å². The monoisotopic (exact) mass is 423 g/mol. The quantitative estimate of drug-likeness (QED) is 0.461. The summed E-state index contributed by atoms with van der Waals surface area (Å²) >= 11 is 5.44. The molecule has 26 heavy (non-hydrogen) atoms. The number of nitrogens with zero attached hydrogens (tertiary/aromatic N) is 2. The van der Waals surface area contributed by atoms with Crippen molar-refractivity contribution >= 4 is 31.0 Å². The van der Waals surface area contributed by atoms with Crippen LogP contribution in [-0.4, -0.2) is 47.7 Å². The Hall–Kier alpha value is -1.29. The van der Waals surface area contributed by atoms with Gasteiger partial charge in [0.15, 0.2) is 7.79 Å². The molecule has 1 amide bonds. The fourth-order valence-electron chi connectivity index (χ4n) is 2.74. The molecule has 0 bridgehead atoms. The second kappa shape index (κ2) is 6.40. The Labute approximate surface area is 149 Å². The lowest BCUT2D eigenvalue weighted by Gasteiger charge is -2.55. The van der Waals surface area contributed by atoms with Crippen LogP contribution in [0.5, 0.6) is 0 Å². The van der Waals surface area contributed by atoms with Gasteiger partial charge in [-0.2, -0.15) is 31.0 Å². The van der Waals surface area contributed by atoms with Crippen LogP contribution in [0.4, 0.5) is 32.0 Å². The fourth-order valence-corrected chi connectivity index (χ4v) is 6.06. The SMILES string of the molecule is CN1c2ccccc2C(=O)N(CCCl)[P+]1([O-])C(N)(C(F)(F)F)C(F)(F)F. The zero-order valence-electron chi connectivity index (χ0n) is 13.1. The first kappa shape index (κ1) is 21.0. The van der Waals surface area contributed by atoms with Crippen LogP contribution >= 0.6 is 19.4 Å². The van der Waals surface area contributed by atoms with Gasteiger partial charge in [-0.25, -0.2) is 4.67 Å². The molecule has 1 atom stereocenters. The number of rotatable bonds is 3. The Kier molecular flexibility index (Phi) is 5.17. The number of anilines is 1. The molecule has 2 N–H and O–H groups in total. The number of benzene rings is 1. The summed E-state index contributed by atoms with van der Waals surface area (Å²) in [5.41, 5.74) is 4.24. The van der Waals surface area contributed by atoms with Crippen LogP contribution < -0.4 is 15.3 Å². The Balaban J connectivity index is 2.86. The van der Waals surface area contributed by atoms with Crippen LogP contribution in [0.25, 0.3) is 0 Å². The summed E-state index contributed by atoms with van der Waals surface area (Å²) in [6.07, 6.45) is -12.3. The highest BCUT2D eigenvalue weighted by Gasteiger charge is 2.85. The van der Waals surface area contributed by atoms with E-state index in [0.29, 0.717) is 0 Å². The minimum Gasteiger partial charge on any atom is -0.641 e. The van der Waals surface area contributed by atoms with Crippen molar-refractivity contribution in [2.24, 2.45) is 5.73 Å². The van der Waals surface area contributed by atoms with Gasteiger partial charge in [-0.1, -0.05) is 12.1 Å². The van der Waals surface area contributed by atoms with Crippen LogP contribution in [0.3, 0.4) is 0 Å². The number of carbonyl (C=O) groups excluding carboxylic acids is 1. The molecule has 0 saturated heterocycles. The number of nitrogens with two attached hydrogens (primary N) is 1. The maximum absolute atomic E-state index is 13.5. The number of amides is 1. The Morgan fingerprint density at radius 2 is 1.65 bits per heavy atom. The zero-order valence-corrected chi connectivity index (χ0v) is 14.8. The van der Waals surface area contributed by atoms with E-state index in [0.717, 1.165) is 13.1 Å². The van der Waals surface area contributed by atoms with Gasteiger partial charge >= 0.3 is 17.6 Å². The predicted molar refractivity (Wildman–Crippen MR) is 82.5 cm³/mol. The van der Waals surface area contributed by atoms with Crippen molar-refractivity contribution in [2.45, 2.75) is 17.6 Å². The van der Waals surface area contributed by atoms with Crippen molar-refractivity contribution in [1.29, 1.82) is 0 Å². The topological polar surface area (TPSA) is 72.6 Å². The first-order valence-corrected chi connectivity index (χ1v) is 9.14. The van der Waals surface area contributed by atoms with Gasteiger partial charge in [0.25, 0.3) is 5.91 Å². The number of alkyl halides is 7. The van der Waals surface area contributed by atoms with Crippen LogP contribution in [0.1, 0.15) is 10.4 Å². The molecule has 146 valence electrons. The summed E-state index contributed by atoms with van der Waals surface area (Å²) in [5, 5.41) is -5.17. The van der Waals surface area contributed by atoms with Gasteiger partial charge in [-0.15, -0.1) is 11.6 Å². The van der Waals surface area contributed by atoms with Crippen LogP contribution in [-0.2, 0) is 0 Å². The summed E-state index contributed by atoms with van der Waals surface area (Å²) < 4.78 is 81.3. The van der Waals surface area contributed by atoms with E-state index in [1.807, 2.05) is 0 Å². The largest absolute Gasteiger partial charge is 0.641 e. The maximum Gasteiger partial charge on any atom is 0.455 e. The second-order valence-corrected chi connectivity index (χ2v) is 8.72. The number of fused-ring (bicyclic) bond motifs is 1. The molecule has 0 radical (unpaired) electrons. The Morgan fingerprint density at radius 3 is 2.12 bits per heavy atom. The average Bonchev–Trinajstić information content (AvgIpc) is 2.54. The van der Waals surface area contributed by atoms with Gasteiger partial charge in [0.05, 0.1) is 17.8 Å². The fraction of sp³-hybridized carbons (Fsp3) is 0.462. The lowest BCUT2D eigenvalue weighted by Crippen LogP contribution is -2.73. The zero-order chi connectivity index (χ0) is 20.1. The minimum atomic E-state index is -6.16. The number of hydrogen-bond donors (Lipinski definition) is 1. The molecule has 1 aliphatic rings. The van der Waals surface area contributed by atoms with Crippen molar-refractivity contribution in [1.82, 2.24) is 4.67 Å². The molecule has 1 unspecified atom stereocenters. The molecule has 1 heterocycles. The van der Waals surface area contributed by atoms with Gasteiger partial charge in [0.2, 0.25) is 0 Å². The average molecular weight is 424 g/mol. The van der Waals surface area contributed by atoms with Gasteiger partial charge in [0, 0.05) is 12.9 Å². The first-order chi connectivity index (χ1) is 11.7. The number of para-hydroxylation sites is 1. The molecule has 0 aromatic heterocycles.